The van der Waals surface area contributed by atoms with Crippen LogP contribution in [-0.4, -0.2) is 42.4 Å². The summed E-state index contributed by atoms with van der Waals surface area (Å²) in [6.45, 7) is -0.954. The number of nitrogens with zero attached hydrogens (tertiary/aromatic N) is 1. The van der Waals surface area contributed by atoms with E-state index in [2.05, 4.69) is 11.8 Å². The quantitative estimate of drug-likeness (QED) is 0.807. The molecule has 0 amide bonds. The number of halogens is 3. The van der Waals surface area contributed by atoms with E-state index < -0.39 is 12.7 Å². The van der Waals surface area contributed by atoms with Crippen molar-refractivity contribution in [3.05, 3.63) is 21.9 Å². The number of hydrogen-bond donors (Lipinski definition) is 2. The van der Waals surface area contributed by atoms with Crippen molar-refractivity contribution in [2.45, 2.75) is 12.7 Å². The van der Waals surface area contributed by atoms with Gasteiger partial charge in [-0.25, -0.2) is 0 Å². The van der Waals surface area contributed by atoms with E-state index in [4.69, 9.17) is 10.8 Å². The van der Waals surface area contributed by atoms with Crippen LogP contribution < -0.4 is 5.73 Å². The van der Waals surface area contributed by atoms with Crippen LogP contribution in [0.5, 0.6) is 0 Å². The smallest absolute Gasteiger partial charge is 0.395 e. The second kappa shape index (κ2) is 7.50. The molecule has 0 unspecified atom stereocenters. The van der Waals surface area contributed by atoms with E-state index in [1.54, 1.807) is 12.1 Å². The second-order valence-electron chi connectivity index (χ2n) is 3.82. The van der Waals surface area contributed by atoms with E-state index in [1.165, 1.54) is 11.3 Å². The lowest BCUT2D eigenvalue weighted by molar-refractivity contribution is -0.147. The lowest BCUT2D eigenvalue weighted by atomic mass is 10.3. The molecule has 0 bridgehead atoms. The summed E-state index contributed by atoms with van der Waals surface area (Å²) in [4.78, 5) is 2.71. The molecule has 1 aromatic rings. The Hall–Kier alpha value is -1.07. The normalized spacial score (nSPS) is 11.5. The minimum atomic E-state index is -4.27. The molecule has 1 rings (SSSR count). The van der Waals surface area contributed by atoms with E-state index in [1.807, 2.05) is 0 Å². The van der Waals surface area contributed by atoms with E-state index >= 15 is 0 Å². The first-order valence-corrected chi connectivity index (χ1v) is 6.44. The van der Waals surface area contributed by atoms with Gasteiger partial charge >= 0.3 is 6.18 Å². The molecule has 106 valence electrons. The van der Waals surface area contributed by atoms with Gasteiger partial charge < -0.3 is 10.8 Å². The molecule has 0 radical (unpaired) electrons. The number of hydrogen-bond acceptors (Lipinski definition) is 4. The Balaban J connectivity index is 2.65. The van der Waals surface area contributed by atoms with Gasteiger partial charge in [0.25, 0.3) is 0 Å². The summed E-state index contributed by atoms with van der Waals surface area (Å²) >= 11 is 1.33. The highest BCUT2D eigenvalue weighted by Gasteiger charge is 2.30. The Morgan fingerprint density at radius 1 is 1.37 bits per heavy atom. The van der Waals surface area contributed by atoms with Crippen LogP contribution in [0.1, 0.15) is 9.75 Å². The topological polar surface area (TPSA) is 49.5 Å². The Morgan fingerprint density at radius 2 is 2.11 bits per heavy atom. The van der Waals surface area contributed by atoms with Crippen molar-refractivity contribution in [2.24, 2.45) is 5.73 Å². The highest BCUT2D eigenvalue weighted by atomic mass is 32.1. The highest BCUT2D eigenvalue weighted by Crippen LogP contribution is 2.21. The number of aliphatic hydroxyl groups is 1. The molecule has 1 aromatic heterocycles. The fourth-order valence-corrected chi connectivity index (χ4v) is 2.42. The average molecular weight is 292 g/mol. The highest BCUT2D eigenvalue weighted by molar-refractivity contribution is 7.12. The van der Waals surface area contributed by atoms with Gasteiger partial charge in [-0.3, -0.25) is 4.90 Å². The third-order valence-corrected chi connectivity index (χ3v) is 3.16. The van der Waals surface area contributed by atoms with Gasteiger partial charge in [-0.1, -0.05) is 11.8 Å². The van der Waals surface area contributed by atoms with Crippen LogP contribution in [0.3, 0.4) is 0 Å². The van der Waals surface area contributed by atoms with Gasteiger partial charge in [0, 0.05) is 18.0 Å². The molecule has 0 fully saturated rings. The van der Waals surface area contributed by atoms with Crippen molar-refractivity contribution in [2.75, 3.05) is 26.2 Å². The van der Waals surface area contributed by atoms with Crippen LogP contribution in [0.2, 0.25) is 0 Å². The van der Waals surface area contributed by atoms with Gasteiger partial charge in [-0.2, -0.15) is 13.2 Å². The van der Waals surface area contributed by atoms with Crippen LogP contribution in [-0.2, 0) is 6.54 Å². The Bertz CT molecular complexity index is 448. The standard InChI is InChI=1S/C12H15F3N2OS/c13-12(14,15)9-17(6-7-18)8-11-4-3-10(19-11)2-1-5-16/h3-4,18H,5-9,16H2. The molecule has 1 heterocycles. The van der Waals surface area contributed by atoms with Gasteiger partial charge in [0.05, 0.1) is 24.6 Å². The monoisotopic (exact) mass is 292 g/mol. The van der Waals surface area contributed by atoms with E-state index in [9.17, 15) is 13.2 Å². The van der Waals surface area contributed by atoms with Gasteiger partial charge in [-0.15, -0.1) is 11.3 Å². The minimum absolute atomic E-state index is 0.0127. The molecule has 3 nitrogen and oxygen atoms in total. The molecule has 19 heavy (non-hydrogen) atoms. The van der Waals surface area contributed by atoms with Crippen molar-refractivity contribution in [3.63, 3.8) is 0 Å². The lowest BCUT2D eigenvalue weighted by Crippen LogP contribution is -2.35. The van der Waals surface area contributed by atoms with Gasteiger partial charge in [0.1, 0.15) is 0 Å². The maximum absolute atomic E-state index is 12.3. The first-order chi connectivity index (χ1) is 8.94. The molecule has 7 heteroatoms. The van der Waals surface area contributed by atoms with Gasteiger partial charge in [0.15, 0.2) is 0 Å². The van der Waals surface area contributed by atoms with Crippen LogP contribution in [0, 0.1) is 11.8 Å². The van der Waals surface area contributed by atoms with Gasteiger partial charge in [-0.05, 0) is 12.1 Å². The molecular weight excluding hydrogens is 277 g/mol. The molecule has 0 saturated heterocycles. The zero-order valence-corrected chi connectivity index (χ0v) is 11.0. The first-order valence-electron chi connectivity index (χ1n) is 5.62. The van der Waals surface area contributed by atoms with Crippen LogP contribution in [0.15, 0.2) is 12.1 Å². The predicted molar refractivity (Wildman–Crippen MR) is 68.7 cm³/mol. The summed E-state index contributed by atoms with van der Waals surface area (Å²) in [5.74, 6) is 5.52. The molecule has 0 atom stereocenters. The largest absolute Gasteiger partial charge is 0.401 e. The number of thiophene rings is 1. The van der Waals surface area contributed by atoms with Crippen LogP contribution in [0.25, 0.3) is 0 Å². The summed E-state index contributed by atoms with van der Waals surface area (Å²) in [6, 6.07) is 3.50. The summed E-state index contributed by atoms with van der Waals surface area (Å²) in [5.41, 5.74) is 5.24. The molecule has 0 aliphatic carbocycles. The average Bonchev–Trinajstić information content (AvgIpc) is 2.72. The van der Waals surface area contributed by atoms with Gasteiger partial charge in [0.2, 0.25) is 0 Å². The van der Waals surface area contributed by atoms with Crippen LogP contribution >= 0.6 is 11.3 Å². The zero-order valence-electron chi connectivity index (χ0n) is 10.2. The number of aliphatic hydroxyl groups excluding tert-OH is 1. The third-order valence-electron chi connectivity index (χ3n) is 2.17. The summed E-state index contributed by atoms with van der Waals surface area (Å²) in [7, 11) is 0. The SMILES string of the molecule is NCC#Cc1ccc(CN(CCO)CC(F)(F)F)s1. The first kappa shape index (κ1) is 16.0. The fraction of sp³-hybridized carbons (Fsp3) is 0.500. The molecule has 0 aliphatic heterocycles. The van der Waals surface area contributed by atoms with Crippen molar-refractivity contribution >= 4 is 11.3 Å². The molecular formula is C12H15F3N2OS. The minimum Gasteiger partial charge on any atom is -0.395 e. The van der Waals surface area contributed by atoms with Crippen LogP contribution in [0.4, 0.5) is 13.2 Å². The van der Waals surface area contributed by atoms with E-state index in [-0.39, 0.29) is 26.2 Å². The Labute approximate surface area is 113 Å². The molecule has 0 spiro atoms. The van der Waals surface area contributed by atoms with Crippen molar-refractivity contribution in [1.29, 1.82) is 0 Å². The Morgan fingerprint density at radius 3 is 2.68 bits per heavy atom. The summed E-state index contributed by atoms with van der Waals surface area (Å²) in [6.07, 6.45) is -4.27. The number of rotatable bonds is 5. The predicted octanol–water partition coefficient (Wildman–Crippen LogP) is 1.41. The molecule has 3 N–H and O–H groups in total. The van der Waals surface area contributed by atoms with E-state index in [0.717, 1.165) is 14.7 Å². The number of nitrogens with two attached hydrogens (primary N) is 1. The zero-order chi connectivity index (χ0) is 14.3. The summed E-state index contributed by atoms with van der Waals surface area (Å²) in [5, 5.41) is 8.79. The number of alkyl halides is 3. The van der Waals surface area contributed by atoms with Crippen molar-refractivity contribution in [1.82, 2.24) is 4.90 Å². The van der Waals surface area contributed by atoms with Crippen molar-refractivity contribution in [3.8, 4) is 11.8 Å². The maximum atomic E-state index is 12.3. The summed E-state index contributed by atoms with van der Waals surface area (Å²) < 4.78 is 37.0. The fourth-order valence-electron chi connectivity index (χ4n) is 1.50. The van der Waals surface area contributed by atoms with Crippen molar-refractivity contribution < 1.29 is 18.3 Å². The second-order valence-corrected chi connectivity index (χ2v) is 4.99. The molecule has 0 aliphatic rings. The molecule has 0 aromatic carbocycles. The van der Waals surface area contributed by atoms with E-state index in [0.29, 0.717) is 0 Å². The maximum Gasteiger partial charge on any atom is 0.401 e. The lowest BCUT2D eigenvalue weighted by Gasteiger charge is -2.21. The molecule has 0 saturated carbocycles. The third kappa shape index (κ3) is 6.59. The Kier molecular flexibility index (Phi) is 6.31.